The van der Waals surface area contributed by atoms with Crippen LogP contribution in [0.2, 0.25) is 0 Å². The van der Waals surface area contributed by atoms with Crippen molar-refractivity contribution in [3.05, 3.63) is 29.3 Å². The Bertz CT molecular complexity index is 555. The Hall–Kier alpha value is -1.47. The molecular formula is C20H31NO5. The van der Waals surface area contributed by atoms with Crippen LogP contribution in [0.5, 0.6) is 5.75 Å². The first-order chi connectivity index (χ1) is 12.4. The third-order valence-electron chi connectivity index (χ3n) is 4.45. The Morgan fingerprint density at radius 2 is 1.73 bits per heavy atom. The van der Waals surface area contributed by atoms with E-state index in [2.05, 4.69) is 27.7 Å². The smallest absolute Gasteiger partial charge is 0.337 e. The Morgan fingerprint density at radius 3 is 2.27 bits per heavy atom. The number of β-amino-alcohol motifs (C(OH)–C–C–N with tert-alkyl or cyclic N) is 1. The minimum absolute atomic E-state index is 0.240. The van der Waals surface area contributed by atoms with E-state index in [0.29, 0.717) is 25.5 Å². The molecule has 6 heteroatoms. The maximum absolute atomic E-state index is 12.3. The van der Waals surface area contributed by atoms with Crippen molar-refractivity contribution in [3.8, 4) is 5.75 Å². The third-order valence-corrected chi connectivity index (χ3v) is 4.45. The molecule has 1 aliphatic heterocycles. The van der Waals surface area contributed by atoms with Crippen molar-refractivity contribution in [1.29, 1.82) is 0 Å². The fourth-order valence-corrected chi connectivity index (χ4v) is 2.97. The number of hydrogen-bond donors (Lipinski definition) is 1. The number of rotatable bonds is 8. The number of ether oxygens (including phenoxy) is 3. The van der Waals surface area contributed by atoms with Crippen molar-refractivity contribution >= 4 is 5.97 Å². The normalized spacial score (nSPS) is 16.9. The molecule has 6 nitrogen and oxygen atoms in total. The van der Waals surface area contributed by atoms with Crippen LogP contribution in [-0.2, 0) is 14.3 Å². The van der Waals surface area contributed by atoms with Gasteiger partial charge in [0.05, 0.1) is 13.2 Å². The number of aliphatic hydroxyl groups excluding tert-OH is 1. The van der Waals surface area contributed by atoms with Gasteiger partial charge in [0.1, 0.15) is 12.4 Å². The molecule has 1 N–H and O–H groups in total. The zero-order valence-corrected chi connectivity index (χ0v) is 16.2. The van der Waals surface area contributed by atoms with E-state index in [1.54, 1.807) is 0 Å². The van der Waals surface area contributed by atoms with Crippen molar-refractivity contribution in [2.24, 2.45) is 0 Å². The summed E-state index contributed by atoms with van der Waals surface area (Å²) >= 11 is 0. The lowest BCUT2D eigenvalue weighted by atomic mass is 9.94. The van der Waals surface area contributed by atoms with Gasteiger partial charge in [-0.15, -0.1) is 0 Å². The van der Waals surface area contributed by atoms with Gasteiger partial charge in [-0.05, 0) is 23.0 Å². The molecule has 1 saturated heterocycles. The Morgan fingerprint density at radius 1 is 1.15 bits per heavy atom. The van der Waals surface area contributed by atoms with E-state index in [9.17, 15) is 9.90 Å². The second-order valence-corrected chi connectivity index (χ2v) is 7.23. The highest BCUT2D eigenvalue weighted by atomic mass is 16.6. The average Bonchev–Trinajstić information content (AvgIpc) is 2.60. The first kappa shape index (κ1) is 20.8. The van der Waals surface area contributed by atoms with Crippen LogP contribution >= 0.6 is 0 Å². The highest BCUT2D eigenvalue weighted by Gasteiger charge is 2.20. The van der Waals surface area contributed by atoms with Crippen LogP contribution in [0, 0.1) is 0 Å². The lowest BCUT2D eigenvalue weighted by Gasteiger charge is -2.28. The molecule has 0 bridgehead atoms. The van der Waals surface area contributed by atoms with E-state index in [1.807, 2.05) is 23.1 Å². The summed E-state index contributed by atoms with van der Waals surface area (Å²) in [4.78, 5) is 14.3. The number of morpholine rings is 1. The highest BCUT2D eigenvalue weighted by molar-refractivity contribution is 5.74. The zero-order chi connectivity index (χ0) is 19.1. The Kier molecular flexibility index (Phi) is 8.03. The predicted molar refractivity (Wildman–Crippen MR) is 99.5 cm³/mol. The summed E-state index contributed by atoms with van der Waals surface area (Å²) < 4.78 is 16.2. The van der Waals surface area contributed by atoms with Crippen molar-refractivity contribution < 1.29 is 24.1 Å². The fraction of sp³-hybridized carbons (Fsp3) is 0.650. The first-order valence-electron chi connectivity index (χ1n) is 9.31. The van der Waals surface area contributed by atoms with Gasteiger partial charge < -0.3 is 19.3 Å². The van der Waals surface area contributed by atoms with Gasteiger partial charge in [-0.25, -0.2) is 4.79 Å². The SMILES string of the molecule is CC(C)c1cccc(C(C)C)c1OC(=O)COC(O)CN1CCOCC1. The number of esters is 1. The number of carbonyl (C=O) groups is 1. The van der Waals surface area contributed by atoms with Crippen LogP contribution in [0.4, 0.5) is 0 Å². The molecule has 2 rings (SSSR count). The van der Waals surface area contributed by atoms with Crippen molar-refractivity contribution in [2.75, 3.05) is 39.5 Å². The molecule has 1 aromatic carbocycles. The molecule has 1 atom stereocenters. The minimum atomic E-state index is -1.02. The predicted octanol–water partition coefficient (Wildman–Crippen LogP) is 2.51. The monoisotopic (exact) mass is 365 g/mol. The molecule has 0 aromatic heterocycles. The molecule has 1 aromatic rings. The summed E-state index contributed by atoms with van der Waals surface area (Å²) in [6.45, 7) is 11.2. The van der Waals surface area contributed by atoms with Crippen LogP contribution in [0.3, 0.4) is 0 Å². The second-order valence-electron chi connectivity index (χ2n) is 7.23. The summed E-state index contributed by atoms with van der Waals surface area (Å²) in [6.07, 6.45) is -1.02. The maximum atomic E-state index is 12.3. The fourth-order valence-electron chi connectivity index (χ4n) is 2.97. The van der Waals surface area contributed by atoms with Gasteiger partial charge >= 0.3 is 5.97 Å². The van der Waals surface area contributed by atoms with E-state index in [-0.39, 0.29) is 18.4 Å². The van der Waals surface area contributed by atoms with Crippen molar-refractivity contribution in [3.63, 3.8) is 0 Å². The maximum Gasteiger partial charge on any atom is 0.337 e. The van der Waals surface area contributed by atoms with Crippen molar-refractivity contribution in [2.45, 2.75) is 45.8 Å². The number of hydrogen-bond acceptors (Lipinski definition) is 6. The molecule has 0 aliphatic carbocycles. The van der Waals surface area contributed by atoms with Gasteiger partial charge in [-0.1, -0.05) is 45.9 Å². The van der Waals surface area contributed by atoms with Crippen LogP contribution < -0.4 is 4.74 Å². The number of nitrogens with zero attached hydrogens (tertiary/aromatic N) is 1. The molecule has 146 valence electrons. The number of benzene rings is 1. The standard InChI is InChI=1S/C20H31NO5/c1-14(2)16-6-5-7-17(15(3)4)20(16)26-19(23)13-25-18(22)12-21-8-10-24-11-9-21/h5-7,14-15,18,22H,8-13H2,1-4H3. The van der Waals surface area contributed by atoms with E-state index < -0.39 is 12.3 Å². The van der Waals surface area contributed by atoms with Crippen LogP contribution in [-0.4, -0.2) is 61.7 Å². The van der Waals surface area contributed by atoms with Gasteiger partial charge in [0.15, 0.2) is 6.29 Å². The largest absolute Gasteiger partial charge is 0.424 e. The van der Waals surface area contributed by atoms with Gasteiger partial charge in [-0.3, -0.25) is 4.90 Å². The van der Waals surface area contributed by atoms with E-state index >= 15 is 0 Å². The van der Waals surface area contributed by atoms with E-state index in [4.69, 9.17) is 14.2 Å². The van der Waals surface area contributed by atoms with E-state index in [0.717, 1.165) is 24.2 Å². The highest BCUT2D eigenvalue weighted by Crippen LogP contribution is 2.34. The molecule has 1 unspecified atom stereocenters. The van der Waals surface area contributed by atoms with Crippen LogP contribution in [0.1, 0.15) is 50.7 Å². The lowest BCUT2D eigenvalue weighted by molar-refractivity contribution is -0.158. The van der Waals surface area contributed by atoms with Gasteiger partial charge in [-0.2, -0.15) is 0 Å². The first-order valence-corrected chi connectivity index (χ1v) is 9.31. The topological polar surface area (TPSA) is 68.2 Å². The molecule has 0 amide bonds. The quantitative estimate of drug-likeness (QED) is 0.434. The molecule has 0 spiro atoms. The molecule has 0 saturated carbocycles. The summed E-state index contributed by atoms with van der Waals surface area (Å²) in [5, 5.41) is 9.99. The van der Waals surface area contributed by atoms with Crippen LogP contribution in [0.25, 0.3) is 0 Å². The molecule has 26 heavy (non-hydrogen) atoms. The number of carbonyl (C=O) groups excluding carboxylic acids is 1. The minimum Gasteiger partial charge on any atom is -0.424 e. The summed E-state index contributed by atoms with van der Waals surface area (Å²) in [5.41, 5.74) is 2.00. The zero-order valence-electron chi connectivity index (χ0n) is 16.2. The summed E-state index contributed by atoms with van der Waals surface area (Å²) in [7, 11) is 0. The van der Waals surface area contributed by atoms with Crippen molar-refractivity contribution in [1.82, 2.24) is 4.90 Å². The molecule has 0 radical (unpaired) electrons. The third kappa shape index (κ3) is 6.06. The Labute approximate surface area is 156 Å². The van der Waals surface area contributed by atoms with E-state index in [1.165, 1.54) is 0 Å². The average molecular weight is 365 g/mol. The summed E-state index contributed by atoms with van der Waals surface area (Å²) in [5.74, 6) is 0.600. The molecular weight excluding hydrogens is 334 g/mol. The number of aliphatic hydroxyl groups is 1. The second kappa shape index (κ2) is 10.0. The molecule has 1 heterocycles. The lowest BCUT2D eigenvalue weighted by Crippen LogP contribution is -2.42. The van der Waals surface area contributed by atoms with Gasteiger partial charge in [0.25, 0.3) is 0 Å². The van der Waals surface area contributed by atoms with Gasteiger partial charge in [0, 0.05) is 19.6 Å². The molecule has 1 aliphatic rings. The van der Waals surface area contributed by atoms with Gasteiger partial charge in [0.2, 0.25) is 0 Å². The Balaban J connectivity index is 1.92. The summed E-state index contributed by atoms with van der Waals surface area (Å²) in [6, 6.07) is 5.95. The number of para-hydroxylation sites is 1. The molecule has 1 fully saturated rings. The van der Waals surface area contributed by atoms with Crippen LogP contribution in [0.15, 0.2) is 18.2 Å².